The Bertz CT molecular complexity index is 219. The van der Waals surface area contributed by atoms with Crippen LogP contribution in [0.1, 0.15) is 45.4 Å². The van der Waals surface area contributed by atoms with Gasteiger partial charge in [-0.25, -0.2) is 0 Å². The van der Waals surface area contributed by atoms with Crippen LogP contribution in [0.25, 0.3) is 0 Å². The topological polar surface area (TPSA) is 20.2 Å². The van der Waals surface area contributed by atoms with Gasteiger partial charge in [0.05, 0.1) is 5.60 Å². The van der Waals surface area contributed by atoms with Gasteiger partial charge < -0.3 is 5.11 Å². The highest BCUT2D eigenvalue weighted by Crippen LogP contribution is 2.65. The quantitative estimate of drug-likeness (QED) is 0.634. The summed E-state index contributed by atoms with van der Waals surface area (Å²) in [7, 11) is 0. The Morgan fingerprint density at radius 2 is 2.00 bits per heavy atom. The molecular formula is C11H18O. The lowest BCUT2D eigenvalue weighted by atomic mass is 9.73. The lowest BCUT2D eigenvalue weighted by Gasteiger charge is -2.38. The van der Waals surface area contributed by atoms with E-state index >= 15 is 0 Å². The van der Waals surface area contributed by atoms with Gasteiger partial charge in [-0.15, -0.1) is 0 Å². The molecule has 3 atom stereocenters. The Morgan fingerprint density at radius 1 is 1.25 bits per heavy atom. The highest BCUT2D eigenvalue weighted by Gasteiger charge is 2.63. The van der Waals surface area contributed by atoms with Crippen molar-refractivity contribution in [1.82, 2.24) is 0 Å². The molecule has 68 valence electrons. The molecule has 0 spiro atoms. The summed E-state index contributed by atoms with van der Waals surface area (Å²) in [5.74, 6) is 1.53. The van der Waals surface area contributed by atoms with Crippen molar-refractivity contribution < 1.29 is 5.11 Å². The van der Waals surface area contributed by atoms with Crippen molar-refractivity contribution >= 4 is 0 Å². The summed E-state index contributed by atoms with van der Waals surface area (Å²) in [6.07, 6.45) is 7.68. The largest absolute Gasteiger partial charge is 0.389 e. The molecule has 12 heavy (non-hydrogen) atoms. The molecule has 0 saturated heterocycles. The molecule has 1 nitrogen and oxygen atoms in total. The normalized spacial score (nSPS) is 54.5. The standard InChI is InChI=1S/C11H18O/c1-10(4-5-10)11(12)7-8-2-3-9(11)6-8/h8-9,12H,2-7H2,1H3. The molecule has 3 fully saturated rings. The molecule has 3 saturated carbocycles. The zero-order valence-electron chi connectivity index (χ0n) is 7.84. The van der Waals surface area contributed by atoms with Crippen LogP contribution in [0.4, 0.5) is 0 Å². The van der Waals surface area contributed by atoms with Gasteiger partial charge in [-0.05, 0) is 55.8 Å². The van der Waals surface area contributed by atoms with Gasteiger partial charge in [-0.3, -0.25) is 0 Å². The predicted octanol–water partition coefficient (Wildman–Crippen LogP) is 2.34. The Labute approximate surface area is 74.2 Å². The van der Waals surface area contributed by atoms with Crippen molar-refractivity contribution in [2.45, 2.75) is 51.0 Å². The van der Waals surface area contributed by atoms with Crippen LogP contribution in [0.2, 0.25) is 0 Å². The van der Waals surface area contributed by atoms with E-state index < -0.39 is 0 Å². The summed E-state index contributed by atoms with van der Waals surface area (Å²) in [6.45, 7) is 2.29. The minimum Gasteiger partial charge on any atom is -0.389 e. The van der Waals surface area contributed by atoms with E-state index in [1.165, 1.54) is 32.1 Å². The second-order valence-corrected chi connectivity index (χ2v) is 5.57. The summed E-state index contributed by atoms with van der Waals surface area (Å²) in [6, 6.07) is 0. The van der Waals surface area contributed by atoms with Crippen LogP contribution in [-0.4, -0.2) is 10.7 Å². The molecule has 0 aliphatic heterocycles. The minimum absolute atomic E-state index is 0.240. The molecule has 3 aliphatic carbocycles. The predicted molar refractivity (Wildman–Crippen MR) is 47.7 cm³/mol. The lowest BCUT2D eigenvalue weighted by molar-refractivity contribution is -0.0712. The number of hydrogen-bond donors (Lipinski definition) is 1. The number of hydrogen-bond acceptors (Lipinski definition) is 1. The van der Waals surface area contributed by atoms with Gasteiger partial charge in [0.15, 0.2) is 0 Å². The average molecular weight is 166 g/mol. The summed E-state index contributed by atoms with van der Waals surface area (Å²) in [4.78, 5) is 0. The summed E-state index contributed by atoms with van der Waals surface area (Å²) < 4.78 is 0. The van der Waals surface area contributed by atoms with Crippen molar-refractivity contribution in [1.29, 1.82) is 0 Å². The second kappa shape index (κ2) is 1.89. The van der Waals surface area contributed by atoms with E-state index in [1.54, 1.807) is 0 Å². The molecule has 0 amide bonds. The molecule has 0 aromatic heterocycles. The second-order valence-electron chi connectivity index (χ2n) is 5.57. The van der Waals surface area contributed by atoms with E-state index in [0.29, 0.717) is 11.3 Å². The monoisotopic (exact) mass is 166 g/mol. The minimum atomic E-state index is -0.240. The van der Waals surface area contributed by atoms with Gasteiger partial charge >= 0.3 is 0 Å². The summed E-state index contributed by atoms with van der Waals surface area (Å²) in [5.41, 5.74) is 0.0861. The van der Waals surface area contributed by atoms with E-state index in [-0.39, 0.29) is 5.60 Å². The maximum Gasteiger partial charge on any atom is 0.0731 e. The smallest absolute Gasteiger partial charge is 0.0731 e. The van der Waals surface area contributed by atoms with Gasteiger partial charge in [0.25, 0.3) is 0 Å². The molecule has 2 bridgehead atoms. The number of rotatable bonds is 1. The van der Waals surface area contributed by atoms with Gasteiger partial charge in [0.2, 0.25) is 0 Å². The van der Waals surface area contributed by atoms with Gasteiger partial charge in [0, 0.05) is 0 Å². The van der Waals surface area contributed by atoms with Crippen molar-refractivity contribution in [3.05, 3.63) is 0 Å². The van der Waals surface area contributed by atoms with Crippen LogP contribution in [0.3, 0.4) is 0 Å². The number of fused-ring (bicyclic) bond motifs is 2. The molecule has 0 heterocycles. The van der Waals surface area contributed by atoms with Crippen LogP contribution < -0.4 is 0 Å². The highest BCUT2D eigenvalue weighted by atomic mass is 16.3. The molecule has 1 N–H and O–H groups in total. The fourth-order valence-electron chi connectivity index (χ4n) is 3.66. The third-order valence-corrected chi connectivity index (χ3v) is 4.86. The average Bonchev–Trinajstić information content (AvgIpc) is 2.56. The maximum atomic E-state index is 10.6. The Kier molecular flexibility index (Phi) is 1.16. The first-order valence-electron chi connectivity index (χ1n) is 5.36. The van der Waals surface area contributed by atoms with Crippen molar-refractivity contribution in [2.24, 2.45) is 17.3 Å². The van der Waals surface area contributed by atoms with E-state index in [4.69, 9.17) is 0 Å². The molecule has 0 aromatic rings. The first-order chi connectivity index (χ1) is 5.64. The third kappa shape index (κ3) is 0.693. The Balaban J connectivity index is 1.92. The summed E-state index contributed by atoms with van der Waals surface area (Å²) in [5, 5.41) is 10.6. The van der Waals surface area contributed by atoms with Crippen LogP contribution in [0.5, 0.6) is 0 Å². The summed E-state index contributed by atoms with van der Waals surface area (Å²) >= 11 is 0. The SMILES string of the molecule is CC1(C2(O)CC3CCC2C3)CC1. The Morgan fingerprint density at radius 3 is 2.42 bits per heavy atom. The molecule has 0 radical (unpaired) electrons. The fraction of sp³-hybridized carbons (Fsp3) is 1.00. The number of aliphatic hydroxyl groups is 1. The molecule has 3 unspecified atom stereocenters. The molecular weight excluding hydrogens is 148 g/mol. The van der Waals surface area contributed by atoms with Crippen LogP contribution in [0.15, 0.2) is 0 Å². The van der Waals surface area contributed by atoms with Crippen LogP contribution >= 0.6 is 0 Å². The van der Waals surface area contributed by atoms with Gasteiger partial charge in [-0.1, -0.05) is 6.92 Å². The van der Waals surface area contributed by atoms with E-state index in [0.717, 1.165) is 12.3 Å². The van der Waals surface area contributed by atoms with E-state index in [9.17, 15) is 5.11 Å². The zero-order chi connectivity index (χ0) is 8.40. The fourth-order valence-corrected chi connectivity index (χ4v) is 3.66. The first kappa shape index (κ1) is 7.37. The van der Waals surface area contributed by atoms with Gasteiger partial charge in [-0.2, -0.15) is 0 Å². The van der Waals surface area contributed by atoms with E-state index in [1.807, 2.05) is 0 Å². The van der Waals surface area contributed by atoms with Crippen LogP contribution in [-0.2, 0) is 0 Å². The zero-order valence-corrected chi connectivity index (χ0v) is 7.84. The molecule has 3 aliphatic rings. The Hall–Kier alpha value is -0.0400. The lowest BCUT2D eigenvalue weighted by Crippen LogP contribution is -2.43. The van der Waals surface area contributed by atoms with Crippen molar-refractivity contribution in [2.75, 3.05) is 0 Å². The molecule has 1 heteroatoms. The maximum absolute atomic E-state index is 10.6. The first-order valence-corrected chi connectivity index (χ1v) is 5.36. The third-order valence-electron chi connectivity index (χ3n) is 4.86. The molecule has 3 rings (SSSR count). The highest BCUT2D eigenvalue weighted by molar-refractivity contribution is 5.14. The van der Waals surface area contributed by atoms with Crippen molar-refractivity contribution in [3.8, 4) is 0 Å². The molecule has 0 aromatic carbocycles. The van der Waals surface area contributed by atoms with Gasteiger partial charge in [0.1, 0.15) is 0 Å². The van der Waals surface area contributed by atoms with Crippen LogP contribution in [0, 0.1) is 17.3 Å². The van der Waals surface area contributed by atoms with Crippen molar-refractivity contribution in [3.63, 3.8) is 0 Å². The van der Waals surface area contributed by atoms with E-state index in [2.05, 4.69) is 6.92 Å².